The zero-order valence-electron chi connectivity index (χ0n) is 11.6. The molecule has 0 heterocycles. The summed E-state index contributed by atoms with van der Waals surface area (Å²) in [5, 5.41) is 12.1. The number of hydrogen-bond acceptors (Lipinski definition) is 2. The molecular weight excluding hydrogens is 262 g/mol. The van der Waals surface area contributed by atoms with E-state index in [2.05, 4.69) is 5.32 Å². The Hall–Kier alpha value is -2.81. The number of nitrogens with one attached hydrogen (secondary N) is 1. The summed E-state index contributed by atoms with van der Waals surface area (Å²) in [6.07, 6.45) is 6.73. The molecule has 3 heteroatoms. The Morgan fingerprint density at radius 3 is 2.62 bits per heavy atom. The molecule has 0 aliphatic carbocycles. The lowest BCUT2D eigenvalue weighted by atomic mass is 10.2. The summed E-state index contributed by atoms with van der Waals surface area (Å²) >= 11 is 0. The fraction of sp³-hybridized carbons (Fsp3) is 0.0556. The summed E-state index contributed by atoms with van der Waals surface area (Å²) in [5.74, 6) is 0.0844. The van der Waals surface area contributed by atoms with Gasteiger partial charge in [-0.15, -0.1) is 0 Å². The lowest BCUT2D eigenvalue weighted by Gasteiger charge is -2.01. The smallest absolute Gasteiger partial charge is 0.244 e. The van der Waals surface area contributed by atoms with Crippen LogP contribution in [0.3, 0.4) is 0 Å². The largest absolute Gasteiger partial charge is 0.508 e. The van der Waals surface area contributed by atoms with Crippen LogP contribution in [0.25, 0.3) is 6.08 Å². The van der Waals surface area contributed by atoms with E-state index >= 15 is 0 Å². The Morgan fingerprint density at radius 2 is 1.86 bits per heavy atom. The minimum Gasteiger partial charge on any atom is -0.508 e. The summed E-state index contributed by atoms with van der Waals surface area (Å²) in [4.78, 5) is 11.6. The fourth-order valence-electron chi connectivity index (χ4n) is 1.78. The Morgan fingerprint density at radius 1 is 1.05 bits per heavy atom. The number of phenols is 1. The van der Waals surface area contributed by atoms with Gasteiger partial charge in [-0.1, -0.05) is 60.7 Å². The normalized spacial score (nSPS) is 11.0. The third-order valence-electron chi connectivity index (χ3n) is 2.83. The van der Waals surface area contributed by atoms with Gasteiger partial charge in [0.1, 0.15) is 5.75 Å². The van der Waals surface area contributed by atoms with Crippen molar-refractivity contribution in [1.82, 2.24) is 5.32 Å². The Bertz CT molecular complexity index is 645. The lowest BCUT2D eigenvalue weighted by Crippen LogP contribution is -2.20. The molecule has 0 radical (unpaired) electrons. The van der Waals surface area contributed by atoms with Crippen LogP contribution in [0.4, 0.5) is 0 Å². The van der Waals surface area contributed by atoms with Crippen molar-refractivity contribution in [3.05, 3.63) is 84.0 Å². The van der Waals surface area contributed by atoms with Crippen molar-refractivity contribution in [3.63, 3.8) is 0 Å². The first kappa shape index (κ1) is 14.6. The highest BCUT2D eigenvalue weighted by Crippen LogP contribution is 2.11. The van der Waals surface area contributed by atoms with E-state index in [0.29, 0.717) is 6.54 Å². The first-order valence-electron chi connectivity index (χ1n) is 6.69. The van der Waals surface area contributed by atoms with Crippen LogP contribution in [0, 0.1) is 0 Å². The molecule has 0 bridgehead atoms. The summed E-state index contributed by atoms with van der Waals surface area (Å²) in [6.45, 7) is 0.514. The van der Waals surface area contributed by atoms with Crippen molar-refractivity contribution in [2.75, 3.05) is 0 Å². The Labute approximate surface area is 124 Å². The predicted molar refractivity (Wildman–Crippen MR) is 84.6 cm³/mol. The van der Waals surface area contributed by atoms with Crippen molar-refractivity contribution >= 4 is 12.0 Å². The van der Waals surface area contributed by atoms with Crippen LogP contribution >= 0.6 is 0 Å². The van der Waals surface area contributed by atoms with Gasteiger partial charge in [-0.2, -0.15) is 0 Å². The van der Waals surface area contributed by atoms with Gasteiger partial charge in [-0.3, -0.25) is 4.79 Å². The van der Waals surface area contributed by atoms with Gasteiger partial charge < -0.3 is 10.4 Å². The number of hydrogen-bond donors (Lipinski definition) is 2. The molecule has 0 aromatic heterocycles. The molecule has 2 N–H and O–H groups in total. The molecule has 0 unspecified atom stereocenters. The van der Waals surface area contributed by atoms with Crippen LogP contribution in [-0.2, 0) is 11.3 Å². The van der Waals surface area contributed by atoms with Gasteiger partial charge in [0.05, 0.1) is 0 Å². The number of benzene rings is 2. The van der Waals surface area contributed by atoms with Crippen molar-refractivity contribution in [2.45, 2.75) is 6.54 Å². The van der Waals surface area contributed by atoms with Gasteiger partial charge in [0.15, 0.2) is 0 Å². The van der Waals surface area contributed by atoms with E-state index in [4.69, 9.17) is 0 Å². The number of phenolic OH excluding ortho intramolecular Hbond substituents is 1. The van der Waals surface area contributed by atoms with E-state index in [1.165, 1.54) is 6.08 Å². The van der Waals surface area contributed by atoms with Gasteiger partial charge in [-0.25, -0.2) is 0 Å². The quantitative estimate of drug-likeness (QED) is 0.652. The molecule has 2 aromatic carbocycles. The first-order valence-corrected chi connectivity index (χ1v) is 6.69. The zero-order chi connectivity index (χ0) is 14.9. The van der Waals surface area contributed by atoms with Gasteiger partial charge in [-0.05, 0) is 23.3 Å². The van der Waals surface area contributed by atoms with E-state index in [0.717, 1.165) is 11.1 Å². The molecule has 0 saturated carbocycles. The molecule has 0 atom stereocenters. The van der Waals surface area contributed by atoms with Crippen LogP contribution in [0.1, 0.15) is 11.1 Å². The summed E-state index contributed by atoms with van der Waals surface area (Å²) in [7, 11) is 0. The maximum absolute atomic E-state index is 11.6. The lowest BCUT2D eigenvalue weighted by molar-refractivity contribution is -0.116. The number of carbonyl (C=O) groups excluding carboxylic acids is 1. The van der Waals surface area contributed by atoms with Crippen LogP contribution in [-0.4, -0.2) is 11.0 Å². The first-order chi connectivity index (χ1) is 10.2. The molecule has 2 rings (SSSR count). The third-order valence-corrected chi connectivity index (χ3v) is 2.83. The van der Waals surface area contributed by atoms with Gasteiger partial charge >= 0.3 is 0 Å². The van der Waals surface area contributed by atoms with Crippen molar-refractivity contribution in [3.8, 4) is 5.75 Å². The van der Waals surface area contributed by atoms with Crippen molar-refractivity contribution in [1.29, 1.82) is 0 Å². The molecule has 0 aliphatic heterocycles. The molecule has 3 nitrogen and oxygen atoms in total. The molecule has 106 valence electrons. The highest BCUT2D eigenvalue weighted by molar-refractivity contribution is 5.87. The van der Waals surface area contributed by atoms with E-state index in [9.17, 15) is 9.90 Å². The fourth-order valence-corrected chi connectivity index (χ4v) is 1.78. The topological polar surface area (TPSA) is 49.3 Å². The average molecular weight is 279 g/mol. The number of aromatic hydroxyl groups is 1. The Balaban J connectivity index is 1.80. The molecule has 0 saturated heterocycles. The van der Waals surface area contributed by atoms with Crippen LogP contribution in [0.2, 0.25) is 0 Å². The maximum Gasteiger partial charge on any atom is 0.244 e. The van der Waals surface area contributed by atoms with E-state index in [1.807, 2.05) is 42.5 Å². The molecule has 1 amide bonds. The highest BCUT2D eigenvalue weighted by atomic mass is 16.3. The highest BCUT2D eigenvalue weighted by Gasteiger charge is 1.94. The number of allylic oxidation sites excluding steroid dienone is 2. The van der Waals surface area contributed by atoms with Crippen molar-refractivity contribution in [2.24, 2.45) is 0 Å². The number of carbonyl (C=O) groups is 1. The van der Waals surface area contributed by atoms with E-state index in [1.54, 1.807) is 30.4 Å². The van der Waals surface area contributed by atoms with Gasteiger partial charge in [0.25, 0.3) is 0 Å². The second-order valence-electron chi connectivity index (χ2n) is 4.52. The summed E-state index contributed by atoms with van der Waals surface area (Å²) in [6, 6.07) is 16.7. The van der Waals surface area contributed by atoms with E-state index < -0.39 is 0 Å². The molecule has 0 aliphatic rings. The molecule has 21 heavy (non-hydrogen) atoms. The van der Waals surface area contributed by atoms with Crippen molar-refractivity contribution < 1.29 is 9.90 Å². The number of amides is 1. The maximum atomic E-state index is 11.6. The van der Waals surface area contributed by atoms with Crippen LogP contribution in [0.15, 0.2) is 72.8 Å². The number of rotatable bonds is 5. The molecule has 0 fully saturated rings. The molecule has 2 aromatic rings. The average Bonchev–Trinajstić information content (AvgIpc) is 2.51. The van der Waals surface area contributed by atoms with Crippen LogP contribution < -0.4 is 5.32 Å². The summed E-state index contributed by atoms with van der Waals surface area (Å²) in [5.41, 5.74) is 1.94. The molecule has 0 spiro atoms. The SMILES string of the molecule is O=C(/C=C/C=C/c1cccc(O)c1)NCc1ccccc1. The Kier molecular flexibility index (Phi) is 5.35. The van der Waals surface area contributed by atoms with Gasteiger partial charge in [0.2, 0.25) is 5.91 Å². The standard InChI is InChI=1S/C18H17NO2/c20-17-11-6-10-15(13-17)7-4-5-12-18(21)19-14-16-8-2-1-3-9-16/h1-13,20H,14H2,(H,19,21)/b7-4+,12-5+. The second-order valence-corrected chi connectivity index (χ2v) is 4.52. The van der Waals surface area contributed by atoms with Crippen LogP contribution in [0.5, 0.6) is 5.75 Å². The second kappa shape index (κ2) is 7.70. The minimum atomic E-state index is -0.139. The minimum absolute atomic E-state index is 0.139. The third kappa shape index (κ3) is 5.37. The monoisotopic (exact) mass is 279 g/mol. The zero-order valence-corrected chi connectivity index (χ0v) is 11.6. The predicted octanol–water partition coefficient (Wildman–Crippen LogP) is 3.28. The van der Waals surface area contributed by atoms with Gasteiger partial charge in [0, 0.05) is 12.6 Å². The van der Waals surface area contributed by atoms with E-state index in [-0.39, 0.29) is 11.7 Å². The molecular formula is C18H17NO2. The summed E-state index contributed by atoms with van der Waals surface area (Å²) < 4.78 is 0.